The lowest BCUT2D eigenvalue weighted by Crippen LogP contribution is -2.11. The quantitative estimate of drug-likeness (QED) is 0.275. The Balaban J connectivity index is 1.75. The van der Waals surface area contributed by atoms with Gasteiger partial charge in [-0.2, -0.15) is 0 Å². The van der Waals surface area contributed by atoms with Gasteiger partial charge in [0, 0.05) is 9.49 Å². The molecule has 150 valence electrons. The number of rotatable bonds is 8. The molecule has 3 rings (SSSR count). The summed E-state index contributed by atoms with van der Waals surface area (Å²) in [6.45, 7) is 2.60. The van der Waals surface area contributed by atoms with E-state index < -0.39 is 0 Å². The molecular weight excluding hydrogens is 482 g/mol. The summed E-state index contributed by atoms with van der Waals surface area (Å²) in [5, 5.41) is 0. The van der Waals surface area contributed by atoms with Crippen molar-refractivity contribution in [2.45, 2.75) is 25.9 Å². The van der Waals surface area contributed by atoms with Gasteiger partial charge in [-0.25, -0.2) is 4.39 Å². The van der Waals surface area contributed by atoms with Crippen LogP contribution in [0.15, 0.2) is 72.8 Å². The molecule has 0 radical (unpaired) electrons. The van der Waals surface area contributed by atoms with Gasteiger partial charge < -0.3 is 9.47 Å². The van der Waals surface area contributed by atoms with Crippen LogP contribution in [0.2, 0.25) is 0 Å². The van der Waals surface area contributed by atoms with Gasteiger partial charge in [-0.3, -0.25) is 4.79 Å². The van der Waals surface area contributed by atoms with E-state index >= 15 is 0 Å². The largest absolute Gasteiger partial charge is 0.489 e. The average molecular weight is 504 g/mol. The van der Waals surface area contributed by atoms with Crippen LogP contribution in [0.3, 0.4) is 0 Å². The normalized spacial score (nSPS) is 11.7. The molecule has 0 saturated heterocycles. The lowest BCUT2D eigenvalue weighted by atomic mass is 9.88. The second kappa shape index (κ2) is 10.4. The third kappa shape index (κ3) is 6.29. The molecule has 5 heteroatoms. The molecule has 29 heavy (non-hydrogen) atoms. The Bertz CT molecular complexity index is 939. The van der Waals surface area contributed by atoms with Gasteiger partial charge in [0.05, 0.1) is 13.0 Å². The van der Waals surface area contributed by atoms with Crippen LogP contribution in [-0.4, -0.2) is 12.6 Å². The first kappa shape index (κ1) is 21.3. The van der Waals surface area contributed by atoms with Crippen LogP contribution in [0.5, 0.6) is 5.75 Å². The van der Waals surface area contributed by atoms with Crippen LogP contribution in [0.4, 0.5) is 4.39 Å². The zero-order valence-corrected chi connectivity index (χ0v) is 18.3. The summed E-state index contributed by atoms with van der Waals surface area (Å²) in [5.41, 5.74) is 2.92. The summed E-state index contributed by atoms with van der Waals surface area (Å²) in [4.78, 5) is 12.1. The third-order valence-electron chi connectivity index (χ3n) is 4.53. The summed E-state index contributed by atoms with van der Waals surface area (Å²) in [6.07, 6.45) is 0.197. The molecule has 0 amide bonds. The van der Waals surface area contributed by atoms with E-state index in [1.807, 2.05) is 42.5 Å². The van der Waals surface area contributed by atoms with Gasteiger partial charge in [0.15, 0.2) is 0 Å². The molecule has 0 saturated carbocycles. The van der Waals surface area contributed by atoms with Crippen LogP contribution in [-0.2, 0) is 16.1 Å². The Morgan fingerprint density at radius 1 is 1.00 bits per heavy atom. The molecule has 0 aliphatic heterocycles. The standard InChI is InChI=1S/C24H22FIO3/c1-2-28-24(27)15-23(18-6-10-20(25)11-7-18)19-8-12-22(13-9-19)29-16-17-4-3-5-21(26)14-17/h3-14,23H,2,15-16H2,1H3. The van der Waals surface area contributed by atoms with Gasteiger partial charge in [-0.15, -0.1) is 0 Å². The second-order valence-electron chi connectivity index (χ2n) is 6.60. The average Bonchev–Trinajstić information content (AvgIpc) is 2.72. The van der Waals surface area contributed by atoms with E-state index in [9.17, 15) is 9.18 Å². The second-order valence-corrected chi connectivity index (χ2v) is 7.85. The fourth-order valence-corrected chi connectivity index (χ4v) is 3.71. The van der Waals surface area contributed by atoms with E-state index in [0.29, 0.717) is 13.2 Å². The molecule has 3 aromatic rings. The zero-order valence-electron chi connectivity index (χ0n) is 16.1. The molecule has 0 spiro atoms. The highest BCUT2D eigenvalue weighted by molar-refractivity contribution is 14.1. The Morgan fingerprint density at radius 2 is 1.66 bits per heavy atom. The molecule has 0 aliphatic rings. The molecular formula is C24H22FIO3. The minimum absolute atomic E-state index is 0.197. The van der Waals surface area contributed by atoms with Crippen LogP contribution < -0.4 is 4.74 Å². The van der Waals surface area contributed by atoms with Crippen molar-refractivity contribution in [1.29, 1.82) is 0 Å². The van der Waals surface area contributed by atoms with Gasteiger partial charge in [-0.05, 0) is 82.6 Å². The minimum atomic E-state index is -0.303. The van der Waals surface area contributed by atoms with Crippen molar-refractivity contribution in [2.75, 3.05) is 6.61 Å². The lowest BCUT2D eigenvalue weighted by molar-refractivity contribution is -0.143. The summed E-state index contributed by atoms with van der Waals surface area (Å²) >= 11 is 2.28. The first-order valence-corrected chi connectivity index (χ1v) is 10.5. The van der Waals surface area contributed by atoms with Crippen LogP contribution >= 0.6 is 22.6 Å². The van der Waals surface area contributed by atoms with E-state index in [2.05, 4.69) is 28.7 Å². The highest BCUT2D eigenvalue weighted by atomic mass is 127. The molecule has 0 heterocycles. The van der Waals surface area contributed by atoms with Gasteiger partial charge >= 0.3 is 5.97 Å². The maximum absolute atomic E-state index is 13.3. The van der Waals surface area contributed by atoms with Gasteiger partial charge in [-0.1, -0.05) is 36.4 Å². The number of esters is 1. The highest BCUT2D eigenvalue weighted by Gasteiger charge is 2.19. The third-order valence-corrected chi connectivity index (χ3v) is 5.20. The van der Waals surface area contributed by atoms with Crippen molar-refractivity contribution >= 4 is 28.6 Å². The van der Waals surface area contributed by atoms with Gasteiger partial charge in [0.2, 0.25) is 0 Å². The number of hydrogen-bond acceptors (Lipinski definition) is 3. The molecule has 1 unspecified atom stereocenters. The Morgan fingerprint density at radius 3 is 2.28 bits per heavy atom. The molecule has 1 atom stereocenters. The number of hydrogen-bond donors (Lipinski definition) is 0. The summed E-state index contributed by atoms with van der Waals surface area (Å²) < 4.78 is 25.5. The van der Waals surface area contributed by atoms with Gasteiger partial charge in [0.25, 0.3) is 0 Å². The number of halogens is 2. The number of carbonyl (C=O) groups excluding carboxylic acids is 1. The number of benzene rings is 3. The molecule has 0 fully saturated rings. The van der Waals surface area contributed by atoms with E-state index in [-0.39, 0.29) is 24.1 Å². The fraction of sp³-hybridized carbons (Fsp3) is 0.208. The molecule has 0 N–H and O–H groups in total. The predicted molar refractivity (Wildman–Crippen MR) is 119 cm³/mol. The summed E-state index contributed by atoms with van der Waals surface area (Å²) in [5.74, 6) is -0.0372. The van der Waals surface area contributed by atoms with E-state index in [4.69, 9.17) is 9.47 Å². The van der Waals surface area contributed by atoms with Crippen molar-refractivity contribution in [2.24, 2.45) is 0 Å². The first-order chi connectivity index (χ1) is 14.0. The smallest absolute Gasteiger partial charge is 0.306 e. The summed E-state index contributed by atoms with van der Waals surface area (Å²) in [7, 11) is 0. The molecule has 0 aromatic heterocycles. The van der Waals surface area contributed by atoms with E-state index in [0.717, 1.165) is 22.4 Å². The Kier molecular flexibility index (Phi) is 7.63. The number of ether oxygens (including phenoxy) is 2. The zero-order chi connectivity index (χ0) is 20.6. The molecule has 0 aliphatic carbocycles. The molecule has 3 nitrogen and oxygen atoms in total. The Labute approximate surface area is 184 Å². The lowest BCUT2D eigenvalue weighted by Gasteiger charge is -2.18. The topological polar surface area (TPSA) is 35.5 Å². The van der Waals surface area contributed by atoms with Gasteiger partial charge in [0.1, 0.15) is 18.2 Å². The molecule has 3 aromatic carbocycles. The number of carbonyl (C=O) groups is 1. The van der Waals surface area contributed by atoms with Crippen molar-refractivity contribution < 1.29 is 18.7 Å². The van der Waals surface area contributed by atoms with Crippen molar-refractivity contribution in [3.63, 3.8) is 0 Å². The molecule has 0 bridgehead atoms. The minimum Gasteiger partial charge on any atom is -0.489 e. The SMILES string of the molecule is CCOC(=O)CC(c1ccc(F)cc1)c1ccc(OCc2cccc(I)c2)cc1. The van der Waals surface area contributed by atoms with Crippen LogP contribution in [0.25, 0.3) is 0 Å². The first-order valence-electron chi connectivity index (χ1n) is 9.43. The Hall–Kier alpha value is -2.41. The van der Waals surface area contributed by atoms with Crippen LogP contribution in [0, 0.1) is 9.39 Å². The highest BCUT2D eigenvalue weighted by Crippen LogP contribution is 2.30. The monoisotopic (exact) mass is 504 g/mol. The fourth-order valence-electron chi connectivity index (χ4n) is 3.10. The van der Waals surface area contributed by atoms with Crippen molar-refractivity contribution in [3.8, 4) is 5.75 Å². The summed E-state index contributed by atoms with van der Waals surface area (Å²) in [6, 6.07) is 22.1. The predicted octanol–water partition coefficient (Wildman–Crippen LogP) is 6.09. The maximum Gasteiger partial charge on any atom is 0.306 e. The van der Waals surface area contributed by atoms with Crippen LogP contribution in [0.1, 0.15) is 36.0 Å². The maximum atomic E-state index is 13.3. The van der Waals surface area contributed by atoms with Crippen molar-refractivity contribution in [1.82, 2.24) is 0 Å². The van der Waals surface area contributed by atoms with Crippen molar-refractivity contribution in [3.05, 3.63) is 98.9 Å². The van der Waals surface area contributed by atoms with E-state index in [1.54, 1.807) is 19.1 Å². The van der Waals surface area contributed by atoms with E-state index in [1.165, 1.54) is 15.7 Å².